The second-order valence-corrected chi connectivity index (χ2v) is 8.22. The molecule has 2 nitrogen and oxygen atoms in total. The lowest BCUT2D eigenvalue weighted by atomic mass is 10.1. The van der Waals surface area contributed by atoms with Gasteiger partial charge < -0.3 is 10.2 Å². The Bertz CT molecular complexity index is 990. The first-order chi connectivity index (χ1) is 12.7. The van der Waals surface area contributed by atoms with Gasteiger partial charge in [0.05, 0.1) is 0 Å². The molecule has 0 atom stereocenters. The highest BCUT2D eigenvalue weighted by atomic mass is 31.0. The maximum absolute atomic E-state index is 10.1. The minimum Gasteiger partial charge on any atom is -0.507 e. The lowest BCUT2D eigenvalue weighted by Gasteiger charge is -2.09. The summed E-state index contributed by atoms with van der Waals surface area (Å²) in [6, 6.07) is 27.2. The van der Waals surface area contributed by atoms with E-state index in [1.54, 1.807) is 12.1 Å². The normalized spacial score (nSPS) is 11.2. The summed E-state index contributed by atoms with van der Waals surface area (Å²) < 4.78 is 0. The molecule has 2 N–H and O–H groups in total. The molecule has 4 heteroatoms. The van der Waals surface area contributed by atoms with Gasteiger partial charge in [-0.2, -0.15) is 0 Å². The van der Waals surface area contributed by atoms with Crippen LogP contribution in [0.2, 0.25) is 0 Å². The van der Waals surface area contributed by atoms with Gasteiger partial charge in [0, 0.05) is 32.3 Å². The first-order valence-corrected chi connectivity index (χ1v) is 10.0. The molecular formula is C22H16O2P2. The second-order valence-electron chi connectivity index (χ2n) is 5.85. The summed E-state index contributed by atoms with van der Waals surface area (Å²) in [6.45, 7) is 0. The minimum absolute atomic E-state index is 0.303. The Morgan fingerprint density at radius 1 is 0.423 bits per heavy atom. The lowest BCUT2D eigenvalue weighted by Crippen LogP contribution is -1.78. The third kappa shape index (κ3) is 3.35. The van der Waals surface area contributed by atoms with Gasteiger partial charge in [0.1, 0.15) is 11.5 Å². The quantitative estimate of drug-likeness (QED) is 0.396. The van der Waals surface area contributed by atoms with Crippen molar-refractivity contribution in [3.63, 3.8) is 0 Å². The summed E-state index contributed by atoms with van der Waals surface area (Å²) in [5, 5.41) is 24.8. The van der Waals surface area contributed by atoms with Crippen molar-refractivity contribution in [3.05, 3.63) is 84.9 Å². The standard InChI is InChI=1S/C22H16O2P2/c23-17-9-3-1-7-15(17)19-11-5-13-21(25-19)22-14-6-12-20(26-22)16-8-2-4-10-18(16)24/h1-14,23-24H. The Morgan fingerprint density at radius 3 is 1.23 bits per heavy atom. The van der Waals surface area contributed by atoms with Gasteiger partial charge in [0.25, 0.3) is 0 Å². The van der Waals surface area contributed by atoms with Crippen LogP contribution in [0.5, 0.6) is 11.5 Å². The largest absolute Gasteiger partial charge is 0.507 e. The number of rotatable bonds is 3. The number of benzene rings is 2. The summed E-state index contributed by atoms with van der Waals surface area (Å²) in [4.78, 5) is 0. The van der Waals surface area contributed by atoms with E-state index in [2.05, 4.69) is 12.1 Å². The van der Waals surface area contributed by atoms with Crippen LogP contribution in [0.25, 0.3) is 32.3 Å². The molecule has 0 unspecified atom stereocenters. The Morgan fingerprint density at radius 2 is 0.808 bits per heavy atom. The predicted molar refractivity (Wildman–Crippen MR) is 111 cm³/mol. The molecule has 0 bridgehead atoms. The fraction of sp³-hybridized carbons (Fsp3) is 0. The minimum atomic E-state index is 0.303. The van der Waals surface area contributed by atoms with E-state index in [9.17, 15) is 10.2 Å². The summed E-state index contributed by atoms with van der Waals surface area (Å²) in [5.41, 5.74) is 1.73. The van der Waals surface area contributed by atoms with E-state index in [4.69, 9.17) is 0 Å². The number of hydrogen-bond donors (Lipinski definition) is 2. The number of para-hydroxylation sites is 2. The summed E-state index contributed by atoms with van der Waals surface area (Å²) >= 11 is 0. The van der Waals surface area contributed by atoms with Gasteiger partial charge in [0.2, 0.25) is 0 Å². The molecule has 0 aliphatic heterocycles. The fourth-order valence-electron chi connectivity index (χ4n) is 2.84. The highest BCUT2D eigenvalue weighted by Crippen LogP contribution is 2.45. The molecule has 26 heavy (non-hydrogen) atoms. The number of phenolic OH excluding ortho intramolecular Hbond substituents is 2. The maximum Gasteiger partial charge on any atom is 0.123 e. The summed E-state index contributed by atoms with van der Waals surface area (Å²) in [5.74, 6) is 0.606. The van der Waals surface area contributed by atoms with Crippen LogP contribution in [-0.4, -0.2) is 10.2 Å². The van der Waals surface area contributed by atoms with Gasteiger partial charge in [-0.15, -0.1) is 0 Å². The molecule has 0 spiro atoms. The molecule has 126 valence electrons. The van der Waals surface area contributed by atoms with Crippen LogP contribution in [0.4, 0.5) is 0 Å². The van der Waals surface area contributed by atoms with Crippen molar-refractivity contribution in [1.29, 1.82) is 0 Å². The molecule has 4 rings (SSSR count). The van der Waals surface area contributed by atoms with E-state index in [0.29, 0.717) is 11.5 Å². The molecule has 2 heterocycles. The maximum atomic E-state index is 10.1. The Kier molecular flexibility index (Phi) is 4.71. The van der Waals surface area contributed by atoms with Crippen molar-refractivity contribution in [2.24, 2.45) is 0 Å². The number of phenols is 2. The summed E-state index contributed by atoms with van der Waals surface area (Å²) in [6.07, 6.45) is 0. The SMILES string of the molecule is Oc1ccccc1-c1cccc(-c2cccc(-c3ccccc3O)p2)p1. The average molecular weight is 374 g/mol. The van der Waals surface area contributed by atoms with Crippen molar-refractivity contribution in [3.8, 4) is 43.8 Å². The predicted octanol–water partition coefficient (Wildman–Crippen LogP) is 7.26. The fourth-order valence-corrected chi connectivity index (χ4v) is 5.29. The van der Waals surface area contributed by atoms with E-state index >= 15 is 0 Å². The monoisotopic (exact) mass is 374 g/mol. The topological polar surface area (TPSA) is 40.5 Å². The van der Waals surface area contributed by atoms with Crippen LogP contribution in [0, 0.1) is 0 Å². The zero-order chi connectivity index (χ0) is 17.9. The van der Waals surface area contributed by atoms with Crippen molar-refractivity contribution < 1.29 is 10.2 Å². The molecule has 0 saturated carbocycles. The van der Waals surface area contributed by atoms with Gasteiger partial charge in [-0.1, -0.05) is 64.9 Å². The van der Waals surface area contributed by atoms with Crippen LogP contribution in [0.3, 0.4) is 0 Å². The first-order valence-electron chi connectivity index (χ1n) is 8.23. The number of aromatic hydroxyl groups is 2. The average Bonchev–Trinajstić information content (AvgIpc) is 2.69. The Balaban J connectivity index is 1.78. The highest BCUT2D eigenvalue weighted by Gasteiger charge is 2.09. The van der Waals surface area contributed by atoms with Gasteiger partial charge in [0.15, 0.2) is 0 Å². The van der Waals surface area contributed by atoms with Crippen molar-refractivity contribution in [2.75, 3.05) is 0 Å². The Labute approximate surface area is 155 Å². The van der Waals surface area contributed by atoms with Gasteiger partial charge in [-0.3, -0.25) is 0 Å². The van der Waals surface area contributed by atoms with Crippen molar-refractivity contribution in [1.82, 2.24) is 0 Å². The molecule has 0 radical (unpaired) electrons. The molecule has 2 aromatic carbocycles. The van der Waals surface area contributed by atoms with Crippen LogP contribution in [0.1, 0.15) is 0 Å². The van der Waals surface area contributed by atoms with Crippen molar-refractivity contribution in [2.45, 2.75) is 0 Å². The molecular weight excluding hydrogens is 358 g/mol. The van der Waals surface area contributed by atoms with Crippen LogP contribution < -0.4 is 0 Å². The van der Waals surface area contributed by atoms with E-state index in [1.807, 2.05) is 60.7 Å². The number of hydrogen-bond acceptors (Lipinski definition) is 2. The van der Waals surface area contributed by atoms with Gasteiger partial charge >= 0.3 is 0 Å². The van der Waals surface area contributed by atoms with Crippen LogP contribution >= 0.6 is 16.4 Å². The third-order valence-corrected chi connectivity index (χ3v) is 6.82. The molecule has 0 aliphatic carbocycles. The van der Waals surface area contributed by atoms with E-state index in [1.165, 1.54) is 10.6 Å². The zero-order valence-electron chi connectivity index (χ0n) is 13.9. The molecule has 0 fully saturated rings. The molecule has 4 aromatic rings. The zero-order valence-corrected chi connectivity index (χ0v) is 15.7. The second kappa shape index (κ2) is 7.30. The Hall–Kier alpha value is -2.66. The molecule has 0 aliphatic rings. The summed E-state index contributed by atoms with van der Waals surface area (Å²) in [7, 11) is 2.13. The van der Waals surface area contributed by atoms with Crippen molar-refractivity contribution >= 4 is 16.4 Å². The first kappa shape index (κ1) is 16.8. The van der Waals surface area contributed by atoms with Gasteiger partial charge in [-0.25, -0.2) is 0 Å². The van der Waals surface area contributed by atoms with Gasteiger partial charge in [-0.05, 0) is 36.4 Å². The van der Waals surface area contributed by atoms with E-state index in [0.717, 1.165) is 38.1 Å². The smallest absolute Gasteiger partial charge is 0.123 e. The highest BCUT2D eigenvalue weighted by molar-refractivity contribution is 7.43. The molecule has 2 aromatic heterocycles. The third-order valence-electron chi connectivity index (χ3n) is 4.12. The molecule has 0 amide bonds. The van der Waals surface area contributed by atoms with Crippen LogP contribution in [-0.2, 0) is 0 Å². The van der Waals surface area contributed by atoms with E-state index in [-0.39, 0.29) is 0 Å². The van der Waals surface area contributed by atoms with E-state index < -0.39 is 0 Å². The lowest BCUT2D eigenvalue weighted by molar-refractivity contribution is 0.477. The van der Waals surface area contributed by atoms with Crippen LogP contribution in [0.15, 0.2) is 84.9 Å². The molecule has 0 saturated heterocycles.